The van der Waals surface area contributed by atoms with Crippen molar-refractivity contribution in [1.29, 1.82) is 0 Å². The molecular formula is C18H12N2O2. The van der Waals surface area contributed by atoms with Crippen LogP contribution >= 0.6 is 0 Å². The van der Waals surface area contributed by atoms with E-state index in [1.165, 1.54) is 13.2 Å². The van der Waals surface area contributed by atoms with Crippen molar-refractivity contribution in [2.75, 3.05) is 7.11 Å². The van der Waals surface area contributed by atoms with Crippen LogP contribution in [0.2, 0.25) is 0 Å². The van der Waals surface area contributed by atoms with E-state index in [1.807, 2.05) is 48.5 Å². The maximum absolute atomic E-state index is 11.7. The van der Waals surface area contributed by atoms with Crippen molar-refractivity contribution in [3.63, 3.8) is 0 Å². The lowest BCUT2D eigenvalue weighted by Crippen LogP contribution is -1.98. The van der Waals surface area contributed by atoms with E-state index in [4.69, 9.17) is 14.7 Å². The van der Waals surface area contributed by atoms with Crippen molar-refractivity contribution in [3.05, 3.63) is 65.9 Å². The van der Waals surface area contributed by atoms with Gasteiger partial charge in [-0.2, -0.15) is 0 Å². The zero-order chi connectivity index (χ0) is 15.1. The van der Waals surface area contributed by atoms with Crippen molar-refractivity contribution in [1.82, 2.24) is 9.97 Å². The van der Waals surface area contributed by atoms with Gasteiger partial charge in [-0.05, 0) is 17.7 Å². The number of rotatable bonds is 1. The fourth-order valence-electron chi connectivity index (χ4n) is 2.75. The maximum atomic E-state index is 11.7. The second kappa shape index (κ2) is 4.77. The summed E-state index contributed by atoms with van der Waals surface area (Å²) in [5.41, 5.74) is 5.90. The lowest BCUT2D eigenvalue weighted by atomic mass is 10.1. The molecule has 0 amide bonds. The van der Waals surface area contributed by atoms with Crippen LogP contribution in [0.15, 0.2) is 54.6 Å². The normalized spacial score (nSPS) is 14.0. The lowest BCUT2D eigenvalue weighted by Gasteiger charge is -2.03. The highest BCUT2D eigenvalue weighted by Gasteiger charge is 2.27. The molecule has 1 aromatic heterocycles. The van der Waals surface area contributed by atoms with Gasteiger partial charge in [-0.25, -0.2) is 14.8 Å². The van der Waals surface area contributed by atoms with Crippen LogP contribution in [-0.2, 0) is 9.53 Å². The van der Waals surface area contributed by atoms with Crippen molar-refractivity contribution in [3.8, 4) is 11.3 Å². The molecule has 1 heterocycles. The van der Waals surface area contributed by atoms with Crippen LogP contribution in [0.1, 0.15) is 11.3 Å². The van der Waals surface area contributed by atoms with Crippen LogP contribution in [0.4, 0.5) is 0 Å². The van der Waals surface area contributed by atoms with E-state index >= 15 is 0 Å². The number of para-hydroxylation sites is 2. The summed E-state index contributed by atoms with van der Waals surface area (Å²) in [5, 5.41) is 0. The van der Waals surface area contributed by atoms with Gasteiger partial charge in [0.1, 0.15) is 0 Å². The van der Waals surface area contributed by atoms with Crippen LogP contribution in [0.25, 0.3) is 27.9 Å². The molecule has 0 unspecified atom stereocenters. The number of esters is 1. The molecule has 1 aliphatic rings. The first-order chi connectivity index (χ1) is 10.8. The van der Waals surface area contributed by atoms with Crippen LogP contribution in [-0.4, -0.2) is 23.0 Å². The topological polar surface area (TPSA) is 52.1 Å². The molecule has 106 valence electrons. The summed E-state index contributed by atoms with van der Waals surface area (Å²) in [7, 11) is 1.37. The third kappa shape index (κ3) is 1.81. The molecule has 0 saturated heterocycles. The molecule has 0 fully saturated rings. The van der Waals surface area contributed by atoms with Gasteiger partial charge in [0, 0.05) is 17.2 Å². The summed E-state index contributed by atoms with van der Waals surface area (Å²) in [6, 6.07) is 15.6. The SMILES string of the molecule is COC(=O)/C=C1/c2ccccc2-c2nc3ccccc3nc21. The van der Waals surface area contributed by atoms with Gasteiger partial charge >= 0.3 is 5.97 Å². The van der Waals surface area contributed by atoms with Gasteiger partial charge in [-0.15, -0.1) is 0 Å². The Labute approximate surface area is 127 Å². The molecule has 0 N–H and O–H groups in total. The second-order valence-electron chi connectivity index (χ2n) is 5.04. The van der Waals surface area contributed by atoms with Crippen LogP contribution < -0.4 is 0 Å². The Morgan fingerprint density at radius 3 is 2.18 bits per heavy atom. The first kappa shape index (κ1) is 12.7. The molecule has 1 aliphatic carbocycles. The molecule has 0 saturated carbocycles. The average Bonchev–Trinajstić information content (AvgIpc) is 2.86. The van der Waals surface area contributed by atoms with Crippen molar-refractivity contribution in [2.24, 2.45) is 0 Å². The zero-order valence-electron chi connectivity index (χ0n) is 11.9. The fourth-order valence-corrected chi connectivity index (χ4v) is 2.75. The van der Waals surface area contributed by atoms with Gasteiger partial charge in [0.05, 0.1) is 29.5 Å². The van der Waals surface area contributed by atoms with Gasteiger partial charge in [-0.1, -0.05) is 36.4 Å². The third-order valence-electron chi connectivity index (χ3n) is 3.76. The van der Waals surface area contributed by atoms with Gasteiger partial charge in [0.2, 0.25) is 0 Å². The van der Waals surface area contributed by atoms with E-state index < -0.39 is 5.97 Å². The Morgan fingerprint density at radius 1 is 0.909 bits per heavy atom. The highest BCUT2D eigenvalue weighted by atomic mass is 16.5. The molecule has 4 rings (SSSR count). The summed E-state index contributed by atoms with van der Waals surface area (Å²) >= 11 is 0. The molecular weight excluding hydrogens is 276 g/mol. The van der Waals surface area contributed by atoms with Gasteiger partial charge in [0.15, 0.2) is 0 Å². The van der Waals surface area contributed by atoms with Crippen molar-refractivity contribution < 1.29 is 9.53 Å². The minimum atomic E-state index is -0.396. The molecule has 22 heavy (non-hydrogen) atoms. The van der Waals surface area contributed by atoms with E-state index in [9.17, 15) is 4.79 Å². The number of methoxy groups -OCH3 is 1. The average molecular weight is 288 g/mol. The summed E-state index contributed by atoms with van der Waals surface area (Å²) in [5.74, 6) is -0.396. The van der Waals surface area contributed by atoms with Gasteiger partial charge in [0.25, 0.3) is 0 Å². The Hall–Kier alpha value is -3.01. The number of hydrogen-bond acceptors (Lipinski definition) is 4. The van der Waals surface area contributed by atoms with Crippen molar-refractivity contribution in [2.45, 2.75) is 0 Å². The number of nitrogens with zero attached hydrogens (tertiary/aromatic N) is 2. The molecule has 0 spiro atoms. The Bertz CT molecular complexity index is 945. The van der Waals surface area contributed by atoms with E-state index in [2.05, 4.69) is 0 Å². The van der Waals surface area contributed by atoms with E-state index in [1.54, 1.807) is 0 Å². The maximum Gasteiger partial charge on any atom is 0.331 e. The van der Waals surface area contributed by atoms with E-state index in [0.717, 1.165) is 39.1 Å². The fraction of sp³-hybridized carbons (Fsp3) is 0.0556. The Morgan fingerprint density at radius 2 is 1.50 bits per heavy atom. The van der Waals surface area contributed by atoms with Crippen LogP contribution in [0.3, 0.4) is 0 Å². The summed E-state index contributed by atoms with van der Waals surface area (Å²) < 4.78 is 4.77. The largest absolute Gasteiger partial charge is 0.466 e. The monoisotopic (exact) mass is 288 g/mol. The third-order valence-corrected chi connectivity index (χ3v) is 3.76. The number of ether oxygens (including phenoxy) is 1. The molecule has 0 bridgehead atoms. The predicted molar refractivity (Wildman–Crippen MR) is 84.1 cm³/mol. The molecule has 3 aromatic rings. The first-order valence-corrected chi connectivity index (χ1v) is 6.94. The van der Waals surface area contributed by atoms with Crippen LogP contribution in [0, 0.1) is 0 Å². The lowest BCUT2D eigenvalue weighted by molar-refractivity contribution is -0.134. The van der Waals surface area contributed by atoms with Gasteiger partial charge in [-0.3, -0.25) is 0 Å². The number of carbonyl (C=O) groups excluding carboxylic acids is 1. The number of benzene rings is 2. The predicted octanol–water partition coefficient (Wildman–Crippen LogP) is 3.21. The smallest absolute Gasteiger partial charge is 0.331 e. The number of carbonyl (C=O) groups is 1. The molecule has 0 aliphatic heterocycles. The molecule has 4 heteroatoms. The van der Waals surface area contributed by atoms with Gasteiger partial charge < -0.3 is 4.74 Å². The number of hydrogen-bond donors (Lipinski definition) is 0. The standard InChI is InChI=1S/C18H12N2O2/c1-22-16(21)10-13-11-6-2-3-7-12(11)17-18(13)20-15-9-5-4-8-14(15)19-17/h2-10H,1H3/b13-10-. The summed E-state index contributed by atoms with van der Waals surface area (Å²) in [4.78, 5) is 21.1. The zero-order valence-corrected chi connectivity index (χ0v) is 11.9. The highest BCUT2D eigenvalue weighted by molar-refractivity contribution is 6.06. The summed E-state index contributed by atoms with van der Waals surface area (Å²) in [6.45, 7) is 0. The number of aromatic nitrogens is 2. The molecule has 0 radical (unpaired) electrons. The Kier molecular flexibility index (Phi) is 2.76. The summed E-state index contributed by atoms with van der Waals surface area (Å²) in [6.07, 6.45) is 1.48. The van der Waals surface area contributed by atoms with Crippen molar-refractivity contribution >= 4 is 22.6 Å². The van der Waals surface area contributed by atoms with E-state index in [-0.39, 0.29) is 0 Å². The molecule has 4 nitrogen and oxygen atoms in total. The van der Waals surface area contributed by atoms with Crippen LogP contribution in [0.5, 0.6) is 0 Å². The molecule has 2 aromatic carbocycles. The number of fused-ring (bicyclic) bond motifs is 4. The quantitative estimate of drug-likeness (QED) is 0.398. The highest BCUT2D eigenvalue weighted by Crippen LogP contribution is 2.42. The Balaban J connectivity index is 2.06. The first-order valence-electron chi connectivity index (χ1n) is 6.94. The minimum absolute atomic E-state index is 0.396. The van der Waals surface area contributed by atoms with E-state index in [0.29, 0.717) is 0 Å². The minimum Gasteiger partial charge on any atom is -0.466 e. The molecule has 0 atom stereocenters. The second-order valence-corrected chi connectivity index (χ2v) is 5.04.